The summed E-state index contributed by atoms with van der Waals surface area (Å²) in [5.74, 6) is -0.754. The van der Waals surface area contributed by atoms with Crippen molar-refractivity contribution in [2.45, 2.75) is 66.6 Å². The SMILES string of the molecule is Cc1cccc(CN(C(=O)CN(c2cc(C)ccc2C)S(C)(=O)=O)[C@H](C)C(=O)NC(C)(C)C)c1. The number of hydrogen-bond acceptors (Lipinski definition) is 4. The molecular weight excluding hydrogens is 450 g/mol. The summed E-state index contributed by atoms with van der Waals surface area (Å²) < 4.78 is 26.6. The van der Waals surface area contributed by atoms with Crippen LogP contribution >= 0.6 is 0 Å². The van der Waals surface area contributed by atoms with Crippen LogP contribution in [0.2, 0.25) is 0 Å². The zero-order valence-electron chi connectivity index (χ0n) is 21.5. The summed E-state index contributed by atoms with van der Waals surface area (Å²) in [5.41, 5.74) is 3.51. The van der Waals surface area contributed by atoms with Crippen molar-refractivity contribution >= 4 is 27.5 Å². The fourth-order valence-electron chi connectivity index (χ4n) is 3.65. The predicted molar refractivity (Wildman–Crippen MR) is 137 cm³/mol. The lowest BCUT2D eigenvalue weighted by Gasteiger charge is -2.33. The van der Waals surface area contributed by atoms with Gasteiger partial charge in [0.15, 0.2) is 0 Å². The molecule has 2 aromatic carbocycles. The van der Waals surface area contributed by atoms with Gasteiger partial charge < -0.3 is 10.2 Å². The first-order chi connectivity index (χ1) is 15.6. The van der Waals surface area contributed by atoms with E-state index < -0.39 is 34.1 Å². The number of rotatable bonds is 8. The maximum Gasteiger partial charge on any atom is 0.244 e. The molecule has 0 bridgehead atoms. The Hall–Kier alpha value is -2.87. The summed E-state index contributed by atoms with van der Waals surface area (Å²) in [4.78, 5) is 28.0. The number of nitrogens with one attached hydrogen (secondary N) is 1. The molecule has 0 saturated carbocycles. The molecule has 34 heavy (non-hydrogen) atoms. The number of benzene rings is 2. The minimum absolute atomic E-state index is 0.184. The van der Waals surface area contributed by atoms with E-state index in [1.54, 1.807) is 19.9 Å². The third kappa shape index (κ3) is 7.58. The van der Waals surface area contributed by atoms with Crippen molar-refractivity contribution in [3.8, 4) is 0 Å². The minimum Gasteiger partial charge on any atom is -0.350 e. The van der Waals surface area contributed by atoms with Gasteiger partial charge in [0.1, 0.15) is 12.6 Å². The van der Waals surface area contributed by atoms with Crippen molar-refractivity contribution < 1.29 is 18.0 Å². The molecule has 1 atom stereocenters. The van der Waals surface area contributed by atoms with Crippen LogP contribution in [0.3, 0.4) is 0 Å². The zero-order chi connectivity index (χ0) is 25.8. The maximum atomic E-state index is 13.6. The van der Waals surface area contributed by atoms with Crippen LogP contribution in [-0.2, 0) is 26.2 Å². The highest BCUT2D eigenvalue weighted by Crippen LogP contribution is 2.24. The molecule has 0 fully saturated rings. The molecule has 0 saturated heterocycles. The molecule has 8 heteroatoms. The van der Waals surface area contributed by atoms with E-state index in [-0.39, 0.29) is 12.5 Å². The normalized spacial score (nSPS) is 12.7. The third-order valence-electron chi connectivity index (χ3n) is 5.41. The van der Waals surface area contributed by atoms with Crippen molar-refractivity contribution in [3.63, 3.8) is 0 Å². The molecule has 2 rings (SSSR count). The van der Waals surface area contributed by atoms with Crippen LogP contribution in [-0.4, -0.2) is 49.5 Å². The minimum atomic E-state index is -3.75. The Morgan fingerprint density at radius 3 is 2.18 bits per heavy atom. The number of aryl methyl sites for hydroxylation is 3. The van der Waals surface area contributed by atoms with E-state index in [0.717, 1.165) is 32.8 Å². The number of nitrogens with zero attached hydrogens (tertiary/aromatic N) is 2. The number of anilines is 1. The molecule has 2 amide bonds. The lowest BCUT2D eigenvalue weighted by atomic mass is 10.1. The van der Waals surface area contributed by atoms with E-state index >= 15 is 0 Å². The van der Waals surface area contributed by atoms with Gasteiger partial charge in [0.05, 0.1) is 11.9 Å². The van der Waals surface area contributed by atoms with Crippen LogP contribution in [0, 0.1) is 20.8 Å². The second kappa shape index (κ2) is 10.6. The van der Waals surface area contributed by atoms with Gasteiger partial charge in [-0.05, 0) is 71.2 Å². The summed E-state index contributed by atoms with van der Waals surface area (Å²) in [5, 5.41) is 2.92. The topological polar surface area (TPSA) is 86.8 Å². The maximum absolute atomic E-state index is 13.6. The van der Waals surface area contributed by atoms with E-state index in [2.05, 4.69) is 5.32 Å². The molecule has 0 aliphatic heterocycles. The first kappa shape index (κ1) is 27.4. The molecule has 0 spiro atoms. The van der Waals surface area contributed by atoms with Crippen molar-refractivity contribution in [1.29, 1.82) is 0 Å². The quantitative estimate of drug-likeness (QED) is 0.615. The van der Waals surface area contributed by atoms with E-state index in [0.29, 0.717) is 5.69 Å². The van der Waals surface area contributed by atoms with Gasteiger partial charge in [-0.25, -0.2) is 8.42 Å². The van der Waals surface area contributed by atoms with Crippen molar-refractivity contribution in [2.24, 2.45) is 0 Å². The van der Waals surface area contributed by atoms with Crippen molar-refractivity contribution in [2.75, 3.05) is 17.1 Å². The standard InChI is InChI=1S/C26H37N3O4S/c1-18-10-9-11-22(14-18)16-28(21(4)25(31)27-26(5,6)7)24(30)17-29(34(8,32)33)23-15-19(2)12-13-20(23)3/h9-15,21H,16-17H2,1-8H3,(H,27,31)/t21-/m1/s1. The third-order valence-corrected chi connectivity index (χ3v) is 6.54. The predicted octanol–water partition coefficient (Wildman–Crippen LogP) is 3.71. The van der Waals surface area contributed by atoms with Gasteiger partial charge in [0.2, 0.25) is 21.8 Å². The Morgan fingerprint density at radius 2 is 1.62 bits per heavy atom. The van der Waals surface area contributed by atoms with Crippen LogP contribution in [0.15, 0.2) is 42.5 Å². The Morgan fingerprint density at radius 1 is 1.00 bits per heavy atom. The Bertz CT molecular complexity index is 1150. The molecule has 2 aromatic rings. The summed E-state index contributed by atoms with van der Waals surface area (Å²) >= 11 is 0. The van der Waals surface area contributed by atoms with Crippen LogP contribution in [0.5, 0.6) is 0 Å². The van der Waals surface area contributed by atoms with Crippen molar-refractivity contribution in [3.05, 3.63) is 64.7 Å². The summed E-state index contributed by atoms with van der Waals surface area (Å²) in [6, 6.07) is 12.4. The first-order valence-corrected chi connectivity index (χ1v) is 13.2. The number of carbonyl (C=O) groups is 2. The van der Waals surface area contributed by atoms with E-state index in [1.165, 1.54) is 4.90 Å². The second-order valence-electron chi connectivity index (χ2n) is 9.99. The molecule has 0 radical (unpaired) electrons. The van der Waals surface area contributed by atoms with Crippen LogP contribution in [0.1, 0.15) is 49.9 Å². The average molecular weight is 488 g/mol. The molecule has 7 nitrogen and oxygen atoms in total. The molecule has 186 valence electrons. The Labute approximate surface area is 204 Å². The fraction of sp³-hybridized carbons (Fsp3) is 0.462. The summed E-state index contributed by atoms with van der Waals surface area (Å²) in [6.07, 6.45) is 1.09. The second-order valence-corrected chi connectivity index (χ2v) is 11.9. The Kier molecular flexibility index (Phi) is 8.53. The molecule has 0 aliphatic carbocycles. The first-order valence-electron chi connectivity index (χ1n) is 11.3. The highest BCUT2D eigenvalue weighted by molar-refractivity contribution is 7.92. The smallest absolute Gasteiger partial charge is 0.244 e. The zero-order valence-corrected chi connectivity index (χ0v) is 22.3. The highest BCUT2D eigenvalue weighted by atomic mass is 32.2. The van der Waals surface area contributed by atoms with Crippen LogP contribution in [0.25, 0.3) is 0 Å². The summed E-state index contributed by atoms with van der Waals surface area (Å²) in [6.45, 7) is 12.7. The lowest BCUT2D eigenvalue weighted by Crippen LogP contribution is -2.54. The molecule has 1 N–H and O–H groups in total. The monoisotopic (exact) mass is 487 g/mol. The summed E-state index contributed by atoms with van der Waals surface area (Å²) in [7, 11) is -3.75. The number of sulfonamides is 1. The van der Waals surface area contributed by atoms with E-state index in [4.69, 9.17) is 0 Å². The van der Waals surface area contributed by atoms with Gasteiger partial charge in [0.25, 0.3) is 0 Å². The highest BCUT2D eigenvalue weighted by Gasteiger charge is 2.31. The van der Waals surface area contributed by atoms with Gasteiger partial charge >= 0.3 is 0 Å². The molecular formula is C26H37N3O4S. The molecule has 0 aromatic heterocycles. The van der Waals surface area contributed by atoms with Gasteiger partial charge in [-0.3, -0.25) is 13.9 Å². The van der Waals surface area contributed by atoms with Crippen molar-refractivity contribution in [1.82, 2.24) is 10.2 Å². The number of hydrogen-bond donors (Lipinski definition) is 1. The lowest BCUT2D eigenvalue weighted by molar-refractivity contribution is -0.140. The Balaban J connectivity index is 2.45. The van der Waals surface area contributed by atoms with Crippen LogP contribution in [0.4, 0.5) is 5.69 Å². The van der Waals surface area contributed by atoms with Crippen LogP contribution < -0.4 is 9.62 Å². The number of carbonyl (C=O) groups excluding carboxylic acids is 2. The van der Waals surface area contributed by atoms with E-state index in [1.807, 2.05) is 71.0 Å². The molecule has 0 aliphatic rings. The average Bonchev–Trinajstić information content (AvgIpc) is 2.69. The fourth-order valence-corrected chi connectivity index (χ4v) is 4.55. The van der Waals surface area contributed by atoms with E-state index in [9.17, 15) is 18.0 Å². The molecule has 0 unspecified atom stereocenters. The van der Waals surface area contributed by atoms with Gasteiger partial charge in [-0.1, -0.05) is 42.0 Å². The van der Waals surface area contributed by atoms with Gasteiger partial charge in [-0.15, -0.1) is 0 Å². The molecule has 0 heterocycles. The largest absolute Gasteiger partial charge is 0.350 e. The van der Waals surface area contributed by atoms with Gasteiger partial charge in [-0.2, -0.15) is 0 Å². The number of amides is 2. The van der Waals surface area contributed by atoms with Gasteiger partial charge in [0, 0.05) is 12.1 Å².